The maximum absolute atomic E-state index is 12.9. The van der Waals surface area contributed by atoms with Gasteiger partial charge in [-0.05, 0) is 72.9 Å². The molecule has 0 saturated heterocycles. The predicted molar refractivity (Wildman–Crippen MR) is 144 cm³/mol. The van der Waals surface area contributed by atoms with Gasteiger partial charge in [0.25, 0.3) is 5.91 Å². The lowest BCUT2D eigenvalue weighted by Gasteiger charge is -2.20. The lowest BCUT2D eigenvalue weighted by molar-refractivity contribution is -0.144. The molecule has 10 heteroatoms. The molecule has 1 aromatic heterocycles. The first-order valence-corrected chi connectivity index (χ1v) is 12.4. The number of nitrogens with one attached hydrogen (secondary N) is 1. The number of carbonyl (C=O) groups excluding carboxylic acids is 1. The maximum Gasteiger partial charge on any atom is 0.344 e. The molecule has 4 rings (SSSR count). The summed E-state index contributed by atoms with van der Waals surface area (Å²) < 4.78 is 7.04. The molecule has 1 amide bonds. The average Bonchev–Trinajstić information content (AvgIpc) is 3.28. The number of aryl methyl sites for hydroxylation is 3. The van der Waals surface area contributed by atoms with E-state index in [9.17, 15) is 19.5 Å². The van der Waals surface area contributed by atoms with Gasteiger partial charge in [-0.1, -0.05) is 35.5 Å². The van der Waals surface area contributed by atoms with Crippen molar-refractivity contribution in [1.29, 1.82) is 0 Å². The molecule has 0 saturated carbocycles. The molecule has 0 spiro atoms. The van der Waals surface area contributed by atoms with E-state index in [0.717, 1.165) is 38.9 Å². The Hall–Kier alpha value is -4.73. The predicted octanol–water partition coefficient (Wildman–Crippen LogP) is 3.97. The smallest absolute Gasteiger partial charge is 0.344 e. The van der Waals surface area contributed by atoms with Crippen molar-refractivity contribution in [1.82, 2.24) is 20.3 Å². The SMILES string of the molecule is Cc1ccc(C(CC(=O)O)c2ccc3c(nnn3C)c2C)cc1CNC(=O)c1cccc(OC(C)C(=O)O)c1. The fourth-order valence-corrected chi connectivity index (χ4v) is 4.55. The van der Waals surface area contributed by atoms with Crippen molar-refractivity contribution >= 4 is 28.9 Å². The number of ether oxygens (including phenoxy) is 1. The summed E-state index contributed by atoms with van der Waals surface area (Å²) in [7, 11) is 1.81. The van der Waals surface area contributed by atoms with E-state index in [2.05, 4.69) is 15.6 Å². The van der Waals surface area contributed by atoms with Crippen molar-refractivity contribution < 1.29 is 29.3 Å². The van der Waals surface area contributed by atoms with E-state index >= 15 is 0 Å². The van der Waals surface area contributed by atoms with Gasteiger partial charge in [-0.3, -0.25) is 9.59 Å². The van der Waals surface area contributed by atoms with Gasteiger partial charge < -0.3 is 20.3 Å². The maximum atomic E-state index is 12.9. The van der Waals surface area contributed by atoms with E-state index < -0.39 is 24.0 Å². The van der Waals surface area contributed by atoms with Crippen LogP contribution < -0.4 is 10.1 Å². The van der Waals surface area contributed by atoms with Crippen LogP contribution in [0.3, 0.4) is 0 Å². The van der Waals surface area contributed by atoms with Crippen molar-refractivity contribution in [2.24, 2.45) is 7.05 Å². The second-order valence-corrected chi connectivity index (χ2v) is 9.51. The molecule has 0 aliphatic heterocycles. The molecule has 0 aliphatic rings. The number of amides is 1. The fourth-order valence-electron chi connectivity index (χ4n) is 4.55. The summed E-state index contributed by atoms with van der Waals surface area (Å²) in [4.78, 5) is 35.8. The number of aliphatic carboxylic acids is 2. The Kier molecular flexibility index (Phi) is 7.94. The van der Waals surface area contributed by atoms with Gasteiger partial charge >= 0.3 is 11.9 Å². The number of hydrogen-bond acceptors (Lipinski definition) is 6. The number of fused-ring (bicyclic) bond motifs is 1. The van der Waals surface area contributed by atoms with Gasteiger partial charge in [-0.2, -0.15) is 0 Å². The fraction of sp³-hybridized carbons (Fsp3) is 0.276. The monoisotopic (exact) mass is 530 g/mol. The summed E-state index contributed by atoms with van der Waals surface area (Å²) in [6, 6.07) is 15.9. The number of carboxylic acid groups (broad SMARTS) is 2. The Bertz CT molecular complexity index is 1560. The summed E-state index contributed by atoms with van der Waals surface area (Å²) in [5.74, 6) is -2.52. The molecule has 2 unspecified atom stereocenters. The van der Waals surface area contributed by atoms with E-state index in [1.807, 2.05) is 51.2 Å². The van der Waals surface area contributed by atoms with Gasteiger partial charge in [0.1, 0.15) is 11.3 Å². The van der Waals surface area contributed by atoms with E-state index in [0.29, 0.717) is 5.56 Å². The molecular formula is C29H30N4O6. The molecule has 0 aliphatic carbocycles. The quantitative estimate of drug-likeness (QED) is 0.279. The topological polar surface area (TPSA) is 144 Å². The van der Waals surface area contributed by atoms with Crippen LogP contribution in [0.1, 0.15) is 57.4 Å². The van der Waals surface area contributed by atoms with Crippen molar-refractivity contribution in [2.75, 3.05) is 0 Å². The highest BCUT2D eigenvalue weighted by atomic mass is 16.5. The number of carbonyl (C=O) groups is 3. The number of nitrogens with zero attached hydrogens (tertiary/aromatic N) is 3. The summed E-state index contributed by atoms with van der Waals surface area (Å²) >= 11 is 0. The number of benzene rings is 3. The largest absolute Gasteiger partial charge is 0.481 e. The van der Waals surface area contributed by atoms with Crippen molar-refractivity contribution in [3.05, 3.63) is 88.0 Å². The minimum atomic E-state index is -1.10. The molecule has 3 aromatic carbocycles. The second-order valence-electron chi connectivity index (χ2n) is 9.51. The zero-order valence-corrected chi connectivity index (χ0v) is 22.1. The van der Waals surface area contributed by atoms with Crippen LogP contribution >= 0.6 is 0 Å². The number of hydrogen-bond donors (Lipinski definition) is 3. The van der Waals surface area contributed by atoms with Crippen LogP contribution in [-0.4, -0.2) is 49.2 Å². The van der Waals surface area contributed by atoms with Crippen LogP contribution in [0.15, 0.2) is 54.6 Å². The third-order valence-electron chi connectivity index (χ3n) is 6.81. The third kappa shape index (κ3) is 6.06. The first-order chi connectivity index (χ1) is 18.5. The van der Waals surface area contributed by atoms with Gasteiger partial charge in [0.15, 0.2) is 6.10 Å². The summed E-state index contributed by atoms with van der Waals surface area (Å²) in [6.45, 7) is 5.48. The Morgan fingerprint density at radius 1 is 1.05 bits per heavy atom. The molecule has 0 fully saturated rings. The van der Waals surface area contributed by atoms with Crippen LogP contribution in [0.5, 0.6) is 5.75 Å². The molecule has 3 N–H and O–H groups in total. The molecule has 2 atom stereocenters. The highest BCUT2D eigenvalue weighted by Gasteiger charge is 2.23. The Balaban J connectivity index is 1.58. The van der Waals surface area contributed by atoms with Crippen LogP contribution in [0.2, 0.25) is 0 Å². The summed E-state index contributed by atoms with van der Waals surface area (Å²) in [6.07, 6.45) is -1.16. The van der Waals surface area contributed by atoms with Crippen LogP contribution in [0, 0.1) is 13.8 Å². The summed E-state index contributed by atoms with van der Waals surface area (Å²) in [5.41, 5.74) is 6.27. The van der Waals surface area contributed by atoms with E-state index in [4.69, 9.17) is 9.84 Å². The molecule has 202 valence electrons. The van der Waals surface area contributed by atoms with Gasteiger partial charge in [0.2, 0.25) is 0 Å². The van der Waals surface area contributed by atoms with E-state index in [-0.39, 0.29) is 24.6 Å². The van der Waals surface area contributed by atoms with Crippen molar-refractivity contribution in [3.8, 4) is 5.75 Å². The van der Waals surface area contributed by atoms with Gasteiger partial charge in [0.05, 0.1) is 11.9 Å². The molecule has 39 heavy (non-hydrogen) atoms. The zero-order valence-electron chi connectivity index (χ0n) is 22.1. The number of aromatic nitrogens is 3. The summed E-state index contributed by atoms with van der Waals surface area (Å²) in [5, 5.41) is 30.0. The Morgan fingerprint density at radius 2 is 1.82 bits per heavy atom. The minimum absolute atomic E-state index is 0.108. The standard InChI is InChI=1S/C29H30N4O6/c1-16-8-9-19(24(14-26(34)35)23-10-11-25-27(17(23)2)31-32-33(25)4)12-21(16)15-30-28(36)20-6-5-7-22(13-20)39-18(3)29(37)38/h5-13,18,24H,14-15H2,1-4H3,(H,30,36)(H,34,35)(H,37,38). The average molecular weight is 531 g/mol. The van der Waals surface area contributed by atoms with Crippen LogP contribution in [-0.2, 0) is 23.2 Å². The minimum Gasteiger partial charge on any atom is -0.481 e. The van der Waals surface area contributed by atoms with Crippen molar-refractivity contribution in [3.63, 3.8) is 0 Å². The third-order valence-corrected chi connectivity index (χ3v) is 6.81. The molecular weight excluding hydrogens is 500 g/mol. The lowest BCUT2D eigenvalue weighted by atomic mass is 9.84. The second kappa shape index (κ2) is 11.3. The molecule has 10 nitrogen and oxygen atoms in total. The normalized spacial score (nSPS) is 12.6. The molecule has 0 bridgehead atoms. The number of carboxylic acids is 2. The molecule has 0 radical (unpaired) electrons. The van der Waals surface area contributed by atoms with E-state index in [1.54, 1.807) is 22.9 Å². The first kappa shape index (κ1) is 27.3. The van der Waals surface area contributed by atoms with Gasteiger partial charge in [-0.15, -0.1) is 5.10 Å². The Labute approximate surface area is 225 Å². The molecule has 1 heterocycles. The zero-order chi connectivity index (χ0) is 28.3. The van der Waals surface area contributed by atoms with Gasteiger partial charge in [0, 0.05) is 25.1 Å². The van der Waals surface area contributed by atoms with Crippen LogP contribution in [0.25, 0.3) is 11.0 Å². The number of rotatable bonds is 10. The van der Waals surface area contributed by atoms with Gasteiger partial charge in [-0.25, -0.2) is 9.48 Å². The highest BCUT2D eigenvalue weighted by Crippen LogP contribution is 2.34. The first-order valence-electron chi connectivity index (χ1n) is 12.4. The van der Waals surface area contributed by atoms with Crippen LogP contribution in [0.4, 0.5) is 0 Å². The highest BCUT2D eigenvalue weighted by molar-refractivity contribution is 5.94. The molecule has 4 aromatic rings. The Morgan fingerprint density at radius 3 is 2.54 bits per heavy atom. The lowest BCUT2D eigenvalue weighted by Crippen LogP contribution is -2.24. The van der Waals surface area contributed by atoms with E-state index in [1.165, 1.54) is 13.0 Å². The van der Waals surface area contributed by atoms with Crippen molar-refractivity contribution in [2.45, 2.75) is 45.8 Å².